The van der Waals surface area contributed by atoms with Gasteiger partial charge >= 0.3 is 0 Å². The summed E-state index contributed by atoms with van der Waals surface area (Å²) in [4.78, 5) is 6.73. The highest BCUT2D eigenvalue weighted by Crippen LogP contribution is 2.30. The van der Waals surface area contributed by atoms with Gasteiger partial charge in [0.15, 0.2) is 5.58 Å². The first-order valence-corrected chi connectivity index (χ1v) is 7.02. The quantitative estimate of drug-likeness (QED) is 0.839. The highest BCUT2D eigenvalue weighted by atomic mass is 16.4. The third-order valence-corrected chi connectivity index (χ3v) is 4.24. The molecule has 0 atom stereocenters. The number of nitrogen functional groups attached to an aromatic ring is 1. The van der Waals surface area contributed by atoms with Gasteiger partial charge in [-0.1, -0.05) is 6.92 Å². The van der Waals surface area contributed by atoms with E-state index in [0.717, 1.165) is 22.7 Å². The van der Waals surface area contributed by atoms with Crippen LogP contribution in [0.1, 0.15) is 32.6 Å². The molecule has 2 aromatic rings. The molecule has 102 valence electrons. The minimum absolute atomic E-state index is 0.543. The van der Waals surface area contributed by atoms with Crippen molar-refractivity contribution in [2.75, 3.05) is 17.7 Å². The molecule has 4 heteroatoms. The smallest absolute Gasteiger partial charge is 0.298 e. The van der Waals surface area contributed by atoms with Crippen molar-refractivity contribution >= 4 is 22.8 Å². The van der Waals surface area contributed by atoms with Crippen molar-refractivity contribution in [2.45, 2.75) is 38.6 Å². The average Bonchev–Trinajstić information content (AvgIpc) is 2.81. The van der Waals surface area contributed by atoms with Crippen molar-refractivity contribution in [2.24, 2.45) is 5.92 Å². The van der Waals surface area contributed by atoms with E-state index in [-0.39, 0.29) is 0 Å². The molecule has 0 saturated heterocycles. The molecule has 1 heterocycles. The van der Waals surface area contributed by atoms with E-state index in [4.69, 9.17) is 10.2 Å². The summed E-state index contributed by atoms with van der Waals surface area (Å²) in [6.45, 7) is 2.33. The first-order valence-electron chi connectivity index (χ1n) is 7.02. The van der Waals surface area contributed by atoms with Gasteiger partial charge in [-0.3, -0.25) is 0 Å². The lowest BCUT2D eigenvalue weighted by Gasteiger charge is -2.32. The van der Waals surface area contributed by atoms with E-state index in [1.54, 1.807) is 0 Å². The molecule has 19 heavy (non-hydrogen) atoms. The molecule has 0 radical (unpaired) electrons. The molecule has 0 bridgehead atoms. The number of hydrogen-bond acceptors (Lipinski definition) is 4. The van der Waals surface area contributed by atoms with Gasteiger partial charge in [0.05, 0.1) is 0 Å². The summed E-state index contributed by atoms with van der Waals surface area (Å²) in [5.41, 5.74) is 8.14. The van der Waals surface area contributed by atoms with Crippen LogP contribution in [0, 0.1) is 5.92 Å². The zero-order valence-corrected chi connectivity index (χ0v) is 11.6. The monoisotopic (exact) mass is 259 g/mol. The minimum atomic E-state index is 0.543. The molecule has 4 nitrogen and oxygen atoms in total. The summed E-state index contributed by atoms with van der Waals surface area (Å²) in [6.07, 6.45) is 5.03. The van der Waals surface area contributed by atoms with Gasteiger partial charge in [0.1, 0.15) is 5.52 Å². The summed E-state index contributed by atoms with van der Waals surface area (Å²) in [5.74, 6) is 0.855. The van der Waals surface area contributed by atoms with E-state index in [2.05, 4.69) is 23.9 Å². The van der Waals surface area contributed by atoms with Crippen LogP contribution in [-0.2, 0) is 0 Å². The van der Waals surface area contributed by atoms with Crippen molar-refractivity contribution in [3.05, 3.63) is 18.2 Å². The molecule has 0 spiro atoms. The van der Waals surface area contributed by atoms with Crippen LogP contribution in [0.4, 0.5) is 11.7 Å². The third kappa shape index (κ3) is 2.39. The second-order valence-corrected chi connectivity index (χ2v) is 5.75. The van der Waals surface area contributed by atoms with Crippen molar-refractivity contribution in [1.82, 2.24) is 4.98 Å². The molecule has 0 unspecified atom stereocenters. The Morgan fingerprint density at radius 1 is 1.26 bits per heavy atom. The summed E-state index contributed by atoms with van der Waals surface area (Å²) in [6, 6.07) is 6.85. The number of nitrogens with two attached hydrogens (primary N) is 1. The molecule has 1 aliphatic rings. The SMILES string of the molecule is CC1CCC(N(C)c2nc3cc(N)ccc3o2)CC1. The van der Waals surface area contributed by atoms with Gasteiger partial charge in [0, 0.05) is 18.8 Å². The van der Waals surface area contributed by atoms with Crippen LogP contribution in [0.5, 0.6) is 0 Å². The summed E-state index contributed by atoms with van der Waals surface area (Å²) >= 11 is 0. The van der Waals surface area contributed by atoms with Gasteiger partial charge in [-0.2, -0.15) is 4.98 Å². The van der Waals surface area contributed by atoms with Crippen LogP contribution in [-0.4, -0.2) is 18.1 Å². The number of oxazole rings is 1. The number of rotatable bonds is 2. The lowest BCUT2D eigenvalue weighted by molar-refractivity contribution is 0.333. The van der Waals surface area contributed by atoms with Crippen LogP contribution in [0.2, 0.25) is 0 Å². The Kier molecular flexibility index (Phi) is 3.09. The Morgan fingerprint density at radius 3 is 2.74 bits per heavy atom. The first kappa shape index (κ1) is 12.3. The number of anilines is 2. The Hall–Kier alpha value is -1.71. The normalized spacial score (nSPS) is 23.7. The number of fused-ring (bicyclic) bond motifs is 1. The highest BCUT2D eigenvalue weighted by Gasteiger charge is 2.24. The summed E-state index contributed by atoms with van der Waals surface area (Å²) in [7, 11) is 2.08. The zero-order chi connectivity index (χ0) is 13.4. The number of aromatic nitrogens is 1. The number of hydrogen-bond donors (Lipinski definition) is 1. The van der Waals surface area contributed by atoms with Crippen LogP contribution in [0.15, 0.2) is 22.6 Å². The average molecular weight is 259 g/mol. The fourth-order valence-corrected chi connectivity index (χ4v) is 2.87. The summed E-state index contributed by atoms with van der Waals surface area (Å²) in [5, 5.41) is 0. The van der Waals surface area contributed by atoms with E-state index < -0.39 is 0 Å². The second-order valence-electron chi connectivity index (χ2n) is 5.75. The molecule has 0 aliphatic heterocycles. The van der Waals surface area contributed by atoms with Gasteiger partial charge in [-0.25, -0.2) is 0 Å². The van der Waals surface area contributed by atoms with Crippen LogP contribution < -0.4 is 10.6 Å². The van der Waals surface area contributed by atoms with Crippen molar-refractivity contribution in [1.29, 1.82) is 0 Å². The van der Waals surface area contributed by atoms with Crippen LogP contribution in [0.25, 0.3) is 11.1 Å². The summed E-state index contributed by atoms with van der Waals surface area (Å²) < 4.78 is 5.82. The van der Waals surface area contributed by atoms with Gasteiger partial charge in [-0.15, -0.1) is 0 Å². The fourth-order valence-electron chi connectivity index (χ4n) is 2.87. The molecule has 1 saturated carbocycles. The van der Waals surface area contributed by atoms with E-state index in [1.165, 1.54) is 25.7 Å². The maximum atomic E-state index is 5.82. The second kappa shape index (κ2) is 4.76. The molecule has 2 N–H and O–H groups in total. The first-order chi connectivity index (χ1) is 9.13. The van der Waals surface area contributed by atoms with Gasteiger partial charge in [0.25, 0.3) is 6.01 Å². The Bertz CT molecular complexity index is 570. The molecule has 1 fully saturated rings. The molecule has 3 rings (SSSR count). The van der Waals surface area contributed by atoms with Crippen molar-refractivity contribution < 1.29 is 4.42 Å². The highest BCUT2D eigenvalue weighted by molar-refractivity contribution is 5.78. The largest absolute Gasteiger partial charge is 0.423 e. The number of nitrogens with zero attached hydrogens (tertiary/aromatic N) is 2. The molecular formula is C15H21N3O. The van der Waals surface area contributed by atoms with Gasteiger partial charge in [-0.05, 0) is 49.8 Å². The van der Waals surface area contributed by atoms with E-state index in [0.29, 0.717) is 12.1 Å². The lowest BCUT2D eigenvalue weighted by atomic mass is 9.87. The Balaban J connectivity index is 1.83. The molecule has 0 amide bonds. The Morgan fingerprint density at radius 2 is 2.00 bits per heavy atom. The molecule has 1 aromatic carbocycles. The maximum absolute atomic E-state index is 5.82. The van der Waals surface area contributed by atoms with Crippen LogP contribution >= 0.6 is 0 Å². The predicted octanol–water partition coefficient (Wildman–Crippen LogP) is 3.42. The van der Waals surface area contributed by atoms with Crippen molar-refractivity contribution in [3.8, 4) is 0 Å². The molecular weight excluding hydrogens is 238 g/mol. The molecule has 1 aliphatic carbocycles. The van der Waals surface area contributed by atoms with E-state index in [1.807, 2.05) is 18.2 Å². The van der Waals surface area contributed by atoms with E-state index >= 15 is 0 Å². The predicted molar refractivity (Wildman–Crippen MR) is 78.2 cm³/mol. The fraction of sp³-hybridized carbons (Fsp3) is 0.533. The minimum Gasteiger partial charge on any atom is -0.423 e. The standard InChI is InChI=1S/C15H21N3O/c1-10-3-6-12(7-4-10)18(2)15-17-13-9-11(16)5-8-14(13)19-15/h5,8-10,12H,3-4,6-7,16H2,1-2H3. The molecule has 1 aromatic heterocycles. The maximum Gasteiger partial charge on any atom is 0.298 e. The topological polar surface area (TPSA) is 55.3 Å². The van der Waals surface area contributed by atoms with E-state index in [9.17, 15) is 0 Å². The zero-order valence-electron chi connectivity index (χ0n) is 11.6. The van der Waals surface area contributed by atoms with Gasteiger partial charge < -0.3 is 15.1 Å². The lowest BCUT2D eigenvalue weighted by Crippen LogP contribution is -2.34. The van der Waals surface area contributed by atoms with Crippen molar-refractivity contribution in [3.63, 3.8) is 0 Å². The Labute approximate surface area is 113 Å². The number of benzene rings is 1. The van der Waals surface area contributed by atoms with Crippen LogP contribution in [0.3, 0.4) is 0 Å². The third-order valence-electron chi connectivity index (χ3n) is 4.24. The van der Waals surface area contributed by atoms with Gasteiger partial charge in [0.2, 0.25) is 0 Å².